The molecule has 3 rings (SSSR count). The SMILES string of the molecule is O=[N+]([O-])C[C@H]1c2cc(O)ccc2O[C@@H]2OCC[C@@H]21. The van der Waals surface area contributed by atoms with Crippen LogP contribution in [0.5, 0.6) is 11.5 Å². The fourth-order valence-electron chi connectivity index (χ4n) is 2.78. The number of aromatic hydroxyl groups is 1. The van der Waals surface area contributed by atoms with Gasteiger partial charge in [0, 0.05) is 16.4 Å². The summed E-state index contributed by atoms with van der Waals surface area (Å²) in [6.07, 6.45) is 0.352. The molecule has 3 atom stereocenters. The van der Waals surface area contributed by atoms with Crippen LogP contribution in [0.15, 0.2) is 18.2 Å². The molecule has 0 spiro atoms. The molecule has 96 valence electrons. The van der Waals surface area contributed by atoms with Crippen molar-refractivity contribution >= 4 is 0 Å². The van der Waals surface area contributed by atoms with Gasteiger partial charge in [-0.2, -0.15) is 0 Å². The molecule has 0 aliphatic carbocycles. The molecule has 6 nitrogen and oxygen atoms in total. The van der Waals surface area contributed by atoms with E-state index in [0.29, 0.717) is 17.9 Å². The maximum atomic E-state index is 10.8. The average Bonchev–Trinajstić information content (AvgIpc) is 2.77. The summed E-state index contributed by atoms with van der Waals surface area (Å²) in [5.74, 6) is 0.402. The third-order valence-electron chi connectivity index (χ3n) is 3.58. The zero-order valence-corrected chi connectivity index (χ0v) is 9.61. The number of hydrogen-bond acceptors (Lipinski definition) is 5. The zero-order chi connectivity index (χ0) is 12.7. The molecular formula is C12H13NO5. The summed E-state index contributed by atoms with van der Waals surface area (Å²) in [6.45, 7) is 0.397. The Morgan fingerprint density at radius 1 is 1.50 bits per heavy atom. The van der Waals surface area contributed by atoms with Gasteiger partial charge >= 0.3 is 0 Å². The Morgan fingerprint density at radius 2 is 2.33 bits per heavy atom. The summed E-state index contributed by atoms with van der Waals surface area (Å²) in [7, 11) is 0. The van der Waals surface area contributed by atoms with Gasteiger partial charge in [0.15, 0.2) is 0 Å². The number of nitro groups is 1. The standard InChI is InChI=1S/C12H13NO5/c14-7-1-2-11-9(5-7)10(6-13(15)16)8-3-4-17-12(8)18-11/h1-2,5,8,10,12,14H,3-4,6H2/t8-,10-,12+/m1/s1. The van der Waals surface area contributed by atoms with E-state index in [1.807, 2.05) is 0 Å². The lowest BCUT2D eigenvalue weighted by atomic mass is 9.82. The third kappa shape index (κ3) is 1.78. The van der Waals surface area contributed by atoms with Crippen molar-refractivity contribution in [2.75, 3.05) is 13.2 Å². The number of hydrogen-bond donors (Lipinski definition) is 1. The number of ether oxygens (including phenoxy) is 2. The molecule has 2 heterocycles. The van der Waals surface area contributed by atoms with Crippen molar-refractivity contribution in [1.82, 2.24) is 0 Å². The number of fused-ring (bicyclic) bond motifs is 2. The quantitative estimate of drug-likeness (QED) is 0.636. The van der Waals surface area contributed by atoms with E-state index >= 15 is 0 Å². The Labute approximate surface area is 103 Å². The number of nitrogens with zero attached hydrogens (tertiary/aromatic N) is 1. The van der Waals surface area contributed by atoms with Gasteiger partial charge in [-0.3, -0.25) is 10.1 Å². The molecule has 0 unspecified atom stereocenters. The van der Waals surface area contributed by atoms with Crippen LogP contribution in [-0.2, 0) is 4.74 Å². The highest BCUT2D eigenvalue weighted by Gasteiger charge is 2.44. The van der Waals surface area contributed by atoms with Crippen LogP contribution in [0.3, 0.4) is 0 Å². The topological polar surface area (TPSA) is 81.8 Å². The van der Waals surface area contributed by atoms with Gasteiger partial charge in [-0.25, -0.2) is 0 Å². The Morgan fingerprint density at radius 3 is 3.11 bits per heavy atom. The Bertz CT molecular complexity index is 489. The van der Waals surface area contributed by atoms with Crippen LogP contribution in [0, 0.1) is 16.0 Å². The highest BCUT2D eigenvalue weighted by molar-refractivity contribution is 5.44. The average molecular weight is 251 g/mol. The largest absolute Gasteiger partial charge is 0.508 e. The van der Waals surface area contributed by atoms with Crippen LogP contribution >= 0.6 is 0 Å². The van der Waals surface area contributed by atoms with Gasteiger partial charge in [-0.1, -0.05) is 0 Å². The maximum Gasteiger partial charge on any atom is 0.211 e. The van der Waals surface area contributed by atoms with Crippen molar-refractivity contribution in [2.45, 2.75) is 18.6 Å². The Kier molecular flexibility index (Phi) is 2.59. The second-order valence-electron chi connectivity index (χ2n) is 4.65. The van der Waals surface area contributed by atoms with Gasteiger partial charge < -0.3 is 14.6 Å². The number of phenolic OH excluding ortho intramolecular Hbond substituents is 1. The summed E-state index contributed by atoms with van der Waals surface area (Å²) in [6, 6.07) is 4.70. The maximum absolute atomic E-state index is 10.8. The summed E-state index contributed by atoms with van der Waals surface area (Å²) in [4.78, 5) is 10.5. The Hall–Kier alpha value is -1.82. The molecule has 2 aliphatic rings. The zero-order valence-electron chi connectivity index (χ0n) is 9.61. The molecule has 0 amide bonds. The van der Waals surface area contributed by atoms with E-state index in [1.165, 1.54) is 6.07 Å². The summed E-state index contributed by atoms with van der Waals surface area (Å²) < 4.78 is 11.1. The lowest BCUT2D eigenvalue weighted by Gasteiger charge is -2.32. The van der Waals surface area contributed by atoms with Crippen molar-refractivity contribution in [2.24, 2.45) is 5.92 Å². The minimum Gasteiger partial charge on any atom is -0.508 e. The van der Waals surface area contributed by atoms with Gasteiger partial charge in [-0.05, 0) is 24.6 Å². The van der Waals surface area contributed by atoms with Crippen molar-refractivity contribution < 1.29 is 19.5 Å². The first-order valence-corrected chi connectivity index (χ1v) is 5.88. The van der Waals surface area contributed by atoms with Crippen LogP contribution in [-0.4, -0.2) is 29.5 Å². The first kappa shape index (κ1) is 11.3. The highest BCUT2D eigenvalue weighted by Crippen LogP contribution is 2.45. The summed E-state index contributed by atoms with van der Waals surface area (Å²) >= 11 is 0. The Balaban J connectivity index is 2.02. The predicted molar refractivity (Wildman–Crippen MR) is 61.2 cm³/mol. The summed E-state index contributed by atoms with van der Waals surface area (Å²) in [5, 5.41) is 20.3. The molecule has 1 aromatic rings. The van der Waals surface area contributed by atoms with Crippen molar-refractivity contribution in [3.8, 4) is 11.5 Å². The molecule has 6 heteroatoms. The van der Waals surface area contributed by atoms with Crippen LogP contribution in [0.4, 0.5) is 0 Å². The fourth-order valence-corrected chi connectivity index (χ4v) is 2.78. The van der Waals surface area contributed by atoms with Gasteiger partial charge in [0.05, 0.1) is 12.5 Å². The normalized spacial score (nSPS) is 29.2. The number of phenols is 1. The predicted octanol–water partition coefficient (Wildman–Crippen LogP) is 1.51. The smallest absolute Gasteiger partial charge is 0.211 e. The molecule has 0 aromatic heterocycles. The van der Waals surface area contributed by atoms with Crippen LogP contribution in [0.1, 0.15) is 17.9 Å². The molecule has 1 saturated heterocycles. The molecule has 1 N–H and O–H groups in total. The van der Waals surface area contributed by atoms with Gasteiger partial charge in [0.25, 0.3) is 0 Å². The first-order chi connectivity index (χ1) is 8.65. The number of benzene rings is 1. The fraction of sp³-hybridized carbons (Fsp3) is 0.500. The monoisotopic (exact) mass is 251 g/mol. The molecule has 1 fully saturated rings. The third-order valence-corrected chi connectivity index (χ3v) is 3.58. The van der Waals surface area contributed by atoms with Gasteiger partial charge in [-0.15, -0.1) is 0 Å². The van der Waals surface area contributed by atoms with Crippen LogP contribution < -0.4 is 4.74 Å². The number of rotatable bonds is 2. The summed E-state index contributed by atoms with van der Waals surface area (Å²) in [5.41, 5.74) is 0.707. The second-order valence-corrected chi connectivity index (χ2v) is 4.65. The molecule has 1 aromatic carbocycles. The van der Waals surface area contributed by atoms with Gasteiger partial charge in [0.2, 0.25) is 12.8 Å². The lowest BCUT2D eigenvalue weighted by Crippen LogP contribution is -2.35. The van der Waals surface area contributed by atoms with E-state index < -0.39 is 6.29 Å². The molecule has 0 radical (unpaired) electrons. The molecule has 0 bridgehead atoms. The van der Waals surface area contributed by atoms with Crippen molar-refractivity contribution in [3.05, 3.63) is 33.9 Å². The minimum absolute atomic E-state index is 0.00954. The van der Waals surface area contributed by atoms with E-state index in [0.717, 1.165) is 6.42 Å². The van der Waals surface area contributed by atoms with Crippen molar-refractivity contribution in [1.29, 1.82) is 0 Å². The van der Waals surface area contributed by atoms with E-state index in [1.54, 1.807) is 12.1 Å². The van der Waals surface area contributed by atoms with E-state index in [9.17, 15) is 15.2 Å². The van der Waals surface area contributed by atoms with E-state index in [2.05, 4.69) is 0 Å². The molecular weight excluding hydrogens is 238 g/mol. The second kappa shape index (κ2) is 4.13. The van der Waals surface area contributed by atoms with Crippen LogP contribution in [0.25, 0.3) is 0 Å². The molecule has 18 heavy (non-hydrogen) atoms. The van der Waals surface area contributed by atoms with Crippen molar-refractivity contribution in [3.63, 3.8) is 0 Å². The van der Waals surface area contributed by atoms with E-state index in [-0.39, 0.29) is 29.1 Å². The molecule has 2 aliphatic heterocycles. The minimum atomic E-state index is -0.396. The molecule has 0 saturated carbocycles. The van der Waals surface area contributed by atoms with E-state index in [4.69, 9.17) is 9.47 Å². The van der Waals surface area contributed by atoms with Crippen LogP contribution in [0.2, 0.25) is 0 Å². The highest BCUT2D eigenvalue weighted by atomic mass is 16.7. The lowest BCUT2D eigenvalue weighted by molar-refractivity contribution is -0.485. The van der Waals surface area contributed by atoms with Gasteiger partial charge in [0.1, 0.15) is 11.5 Å². The first-order valence-electron chi connectivity index (χ1n) is 5.88.